The summed E-state index contributed by atoms with van der Waals surface area (Å²) < 4.78 is 0. The molecule has 1 rings (SSSR count). The molecule has 0 aliphatic rings. The van der Waals surface area contributed by atoms with Gasteiger partial charge < -0.3 is 10.6 Å². The molecule has 2 amide bonds. The lowest BCUT2D eigenvalue weighted by molar-refractivity contribution is -0.119. The molecular weight excluding hydrogens is 230 g/mol. The molecule has 1 aromatic carbocycles. The molecule has 0 radical (unpaired) electrons. The summed E-state index contributed by atoms with van der Waals surface area (Å²) in [6.07, 6.45) is 0.594. The maximum Gasteiger partial charge on any atom is 0.238 e. The fourth-order valence-electron chi connectivity index (χ4n) is 1.41. The van der Waals surface area contributed by atoms with Crippen molar-refractivity contribution in [1.82, 2.24) is 5.32 Å². The zero-order chi connectivity index (χ0) is 13.4. The Kier molecular flexibility index (Phi) is 5.39. The van der Waals surface area contributed by atoms with E-state index in [2.05, 4.69) is 10.6 Å². The van der Waals surface area contributed by atoms with E-state index in [9.17, 15) is 9.59 Å². The number of anilines is 1. The smallest absolute Gasteiger partial charge is 0.238 e. The van der Waals surface area contributed by atoms with Crippen LogP contribution in [0, 0.1) is 11.3 Å². The number of amides is 2. The number of nitriles is 1. The number of carbonyl (C=O) groups excluding carboxylic acids is 2. The molecular formula is C13H15N3O2. The van der Waals surface area contributed by atoms with Crippen molar-refractivity contribution < 1.29 is 9.59 Å². The maximum absolute atomic E-state index is 11.2. The topological polar surface area (TPSA) is 82.0 Å². The van der Waals surface area contributed by atoms with Crippen LogP contribution in [0.2, 0.25) is 0 Å². The molecule has 18 heavy (non-hydrogen) atoms. The van der Waals surface area contributed by atoms with Crippen molar-refractivity contribution in [3.63, 3.8) is 0 Å². The SMILES string of the molecule is CC(=O)NCCc1ccc(NC(=O)CC#N)cc1. The first kappa shape index (κ1) is 13.7. The van der Waals surface area contributed by atoms with Gasteiger partial charge in [0.1, 0.15) is 6.42 Å². The van der Waals surface area contributed by atoms with Gasteiger partial charge in [-0.25, -0.2) is 0 Å². The Bertz CT molecular complexity index is 460. The highest BCUT2D eigenvalue weighted by atomic mass is 16.2. The number of carbonyl (C=O) groups is 2. The molecule has 1 aromatic rings. The first-order valence-electron chi connectivity index (χ1n) is 5.62. The first-order chi connectivity index (χ1) is 8.61. The maximum atomic E-state index is 11.2. The fraction of sp³-hybridized carbons (Fsp3) is 0.308. The summed E-state index contributed by atoms with van der Waals surface area (Å²) in [5, 5.41) is 13.7. The summed E-state index contributed by atoms with van der Waals surface area (Å²) in [6.45, 7) is 2.07. The molecule has 0 heterocycles. The van der Waals surface area contributed by atoms with Gasteiger partial charge in [-0.1, -0.05) is 12.1 Å². The Morgan fingerprint density at radius 2 is 1.94 bits per heavy atom. The monoisotopic (exact) mass is 245 g/mol. The Morgan fingerprint density at radius 3 is 2.50 bits per heavy atom. The molecule has 0 fully saturated rings. The van der Waals surface area contributed by atoms with Crippen molar-refractivity contribution in [3.05, 3.63) is 29.8 Å². The second kappa shape index (κ2) is 7.07. The van der Waals surface area contributed by atoms with Crippen LogP contribution in [0.4, 0.5) is 5.69 Å². The third kappa shape index (κ3) is 5.12. The van der Waals surface area contributed by atoms with Gasteiger partial charge in [-0.3, -0.25) is 9.59 Å². The molecule has 0 unspecified atom stereocenters. The van der Waals surface area contributed by atoms with Gasteiger partial charge in [0.15, 0.2) is 0 Å². The summed E-state index contributed by atoms with van der Waals surface area (Å²) in [6, 6.07) is 9.10. The molecule has 5 nitrogen and oxygen atoms in total. The molecule has 94 valence electrons. The van der Waals surface area contributed by atoms with E-state index >= 15 is 0 Å². The summed E-state index contributed by atoms with van der Waals surface area (Å²) >= 11 is 0. The van der Waals surface area contributed by atoms with Crippen LogP contribution in [0.5, 0.6) is 0 Å². The predicted molar refractivity (Wildman–Crippen MR) is 67.7 cm³/mol. The molecule has 0 saturated heterocycles. The van der Waals surface area contributed by atoms with E-state index in [4.69, 9.17) is 5.26 Å². The number of hydrogen-bond donors (Lipinski definition) is 2. The molecule has 0 spiro atoms. The Labute approximate surface area is 106 Å². The summed E-state index contributed by atoms with van der Waals surface area (Å²) in [5.41, 5.74) is 1.74. The van der Waals surface area contributed by atoms with Crippen LogP contribution in [-0.2, 0) is 16.0 Å². The second-order valence-corrected chi connectivity index (χ2v) is 3.81. The third-order valence-electron chi connectivity index (χ3n) is 2.26. The summed E-state index contributed by atoms with van der Waals surface area (Å²) in [4.78, 5) is 21.8. The molecule has 0 aliphatic carbocycles. The number of nitrogens with one attached hydrogen (secondary N) is 2. The van der Waals surface area contributed by atoms with Crippen LogP contribution in [0.3, 0.4) is 0 Å². The molecule has 5 heteroatoms. The molecule has 0 bridgehead atoms. The highest BCUT2D eigenvalue weighted by molar-refractivity contribution is 5.91. The van der Waals surface area contributed by atoms with E-state index in [1.807, 2.05) is 12.1 Å². The van der Waals surface area contributed by atoms with Crippen molar-refractivity contribution >= 4 is 17.5 Å². The zero-order valence-corrected chi connectivity index (χ0v) is 10.2. The van der Waals surface area contributed by atoms with Gasteiger partial charge in [-0.2, -0.15) is 5.26 Å². The van der Waals surface area contributed by atoms with Gasteiger partial charge in [0.25, 0.3) is 0 Å². The number of rotatable bonds is 5. The quantitative estimate of drug-likeness (QED) is 0.818. The molecule has 0 saturated carbocycles. The van der Waals surface area contributed by atoms with E-state index in [-0.39, 0.29) is 18.2 Å². The van der Waals surface area contributed by atoms with Gasteiger partial charge in [-0.15, -0.1) is 0 Å². The van der Waals surface area contributed by atoms with Crippen LogP contribution >= 0.6 is 0 Å². The minimum absolute atomic E-state index is 0.0459. The Morgan fingerprint density at radius 1 is 1.28 bits per heavy atom. The minimum atomic E-state index is -0.316. The van der Waals surface area contributed by atoms with E-state index in [0.29, 0.717) is 12.2 Å². The minimum Gasteiger partial charge on any atom is -0.356 e. The molecule has 0 atom stereocenters. The lowest BCUT2D eigenvalue weighted by atomic mass is 10.1. The van der Waals surface area contributed by atoms with Crippen LogP contribution < -0.4 is 10.6 Å². The number of nitrogens with zero attached hydrogens (tertiary/aromatic N) is 1. The van der Waals surface area contributed by atoms with Crippen LogP contribution in [0.1, 0.15) is 18.9 Å². The molecule has 0 aliphatic heterocycles. The second-order valence-electron chi connectivity index (χ2n) is 3.81. The summed E-state index contributed by atoms with van der Waals surface area (Å²) in [7, 11) is 0. The van der Waals surface area contributed by atoms with Gasteiger partial charge in [0.2, 0.25) is 11.8 Å². The first-order valence-corrected chi connectivity index (χ1v) is 5.62. The number of benzene rings is 1. The highest BCUT2D eigenvalue weighted by Gasteiger charge is 2.01. The van der Waals surface area contributed by atoms with E-state index < -0.39 is 0 Å². The van der Waals surface area contributed by atoms with E-state index in [1.165, 1.54) is 6.92 Å². The average molecular weight is 245 g/mol. The zero-order valence-electron chi connectivity index (χ0n) is 10.2. The van der Waals surface area contributed by atoms with E-state index in [1.54, 1.807) is 18.2 Å². The predicted octanol–water partition coefficient (Wildman–Crippen LogP) is 1.22. The largest absolute Gasteiger partial charge is 0.356 e. The van der Waals surface area contributed by atoms with E-state index in [0.717, 1.165) is 12.0 Å². The van der Waals surface area contributed by atoms with Crippen LogP contribution in [0.15, 0.2) is 24.3 Å². The Hall–Kier alpha value is -2.35. The Balaban J connectivity index is 2.45. The standard InChI is InChI=1S/C13H15N3O2/c1-10(17)15-9-7-11-2-4-12(5-3-11)16-13(18)6-8-14/h2-5H,6-7,9H2,1H3,(H,15,17)(H,16,18). The van der Waals surface area contributed by atoms with Gasteiger partial charge in [-0.05, 0) is 24.1 Å². The van der Waals surface area contributed by atoms with Crippen LogP contribution in [0.25, 0.3) is 0 Å². The van der Waals surface area contributed by atoms with Crippen molar-refractivity contribution in [2.24, 2.45) is 0 Å². The molecule has 2 N–H and O–H groups in total. The highest BCUT2D eigenvalue weighted by Crippen LogP contribution is 2.10. The van der Waals surface area contributed by atoms with Gasteiger partial charge in [0.05, 0.1) is 6.07 Å². The normalized spacial score (nSPS) is 9.33. The average Bonchev–Trinajstić information content (AvgIpc) is 2.31. The fourth-order valence-corrected chi connectivity index (χ4v) is 1.41. The van der Waals surface area contributed by atoms with Gasteiger partial charge >= 0.3 is 0 Å². The molecule has 0 aromatic heterocycles. The van der Waals surface area contributed by atoms with Crippen molar-refractivity contribution in [2.75, 3.05) is 11.9 Å². The van der Waals surface area contributed by atoms with Crippen LogP contribution in [-0.4, -0.2) is 18.4 Å². The van der Waals surface area contributed by atoms with Crippen molar-refractivity contribution in [2.45, 2.75) is 19.8 Å². The number of hydrogen-bond acceptors (Lipinski definition) is 3. The van der Waals surface area contributed by atoms with Crippen molar-refractivity contribution in [1.29, 1.82) is 5.26 Å². The van der Waals surface area contributed by atoms with Crippen molar-refractivity contribution in [3.8, 4) is 6.07 Å². The van der Waals surface area contributed by atoms with Gasteiger partial charge in [0, 0.05) is 19.2 Å². The lowest BCUT2D eigenvalue weighted by Gasteiger charge is -2.05. The third-order valence-corrected chi connectivity index (χ3v) is 2.26. The lowest BCUT2D eigenvalue weighted by Crippen LogP contribution is -2.22. The summed E-state index contributed by atoms with van der Waals surface area (Å²) in [5.74, 6) is -0.362.